The van der Waals surface area contributed by atoms with Crippen LogP contribution in [0.1, 0.15) is 36.7 Å². The monoisotopic (exact) mass is 515 g/mol. The van der Waals surface area contributed by atoms with E-state index in [1.807, 2.05) is 0 Å². The Morgan fingerprint density at radius 1 is 1.06 bits per heavy atom. The normalized spacial score (nSPS) is 11.7. The van der Waals surface area contributed by atoms with Gasteiger partial charge < -0.3 is 23.9 Å². The zero-order valence-corrected chi connectivity index (χ0v) is 21.4. The minimum atomic E-state index is -3.82. The van der Waals surface area contributed by atoms with Crippen molar-refractivity contribution < 1.29 is 37.0 Å². The number of carboxylic acids is 1. The molecule has 1 N–H and O–H groups in total. The number of hydrogen-bond donors (Lipinski definition) is 1. The lowest BCUT2D eigenvalue weighted by atomic mass is 9.99. The number of rotatable bonds is 9. The van der Waals surface area contributed by atoms with Gasteiger partial charge in [0.2, 0.25) is 0 Å². The number of carbonyl (C=O) groups is 2. The highest BCUT2D eigenvalue weighted by atomic mass is 32.2. The molecule has 1 heterocycles. The zero-order chi connectivity index (χ0) is 26.5. The molecule has 0 saturated heterocycles. The van der Waals surface area contributed by atoms with Gasteiger partial charge in [0.25, 0.3) is 0 Å². The average Bonchev–Trinajstić information content (AvgIpc) is 3.33. The molecule has 3 aromatic rings. The molecule has 0 spiro atoms. The molecule has 2 aromatic carbocycles. The molecule has 192 valence electrons. The van der Waals surface area contributed by atoms with Crippen LogP contribution in [-0.2, 0) is 20.3 Å². The summed E-state index contributed by atoms with van der Waals surface area (Å²) in [6.45, 7) is 5.29. The van der Waals surface area contributed by atoms with Crippen LogP contribution in [0.4, 0.5) is 4.79 Å². The highest BCUT2D eigenvalue weighted by molar-refractivity contribution is 7.90. The van der Waals surface area contributed by atoms with Crippen LogP contribution in [0.25, 0.3) is 11.1 Å². The largest absolute Gasteiger partial charge is 0.490 e. The van der Waals surface area contributed by atoms with E-state index in [0.29, 0.717) is 11.1 Å². The number of furan rings is 1. The quantitative estimate of drug-likeness (QED) is 0.428. The lowest BCUT2D eigenvalue weighted by molar-refractivity contribution is 0.0277. The maximum absolute atomic E-state index is 13.0. The topological polar surface area (TPSA) is 123 Å². The SMILES string of the molecule is CN(CCOc1c(-c2ccoc2)ccc(CS(=O)(=O)c2ccccc2)c1C(=O)O)C(=O)OC(C)(C)C. The second-order valence-corrected chi connectivity index (χ2v) is 11.1. The molecule has 0 aliphatic heterocycles. The number of aromatic carboxylic acids is 1. The van der Waals surface area contributed by atoms with Crippen LogP contribution in [0.5, 0.6) is 5.75 Å². The molecule has 0 saturated carbocycles. The molecule has 0 aliphatic carbocycles. The number of hydrogen-bond acceptors (Lipinski definition) is 7. The van der Waals surface area contributed by atoms with E-state index in [0.717, 1.165) is 0 Å². The maximum atomic E-state index is 13.0. The molecule has 0 unspecified atom stereocenters. The molecule has 0 radical (unpaired) electrons. The molecular weight excluding hydrogens is 486 g/mol. The van der Waals surface area contributed by atoms with Crippen LogP contribution in [0.2, 0.25) is 0 Å². The predicted octanol–water partition coefficient (Wildman–Crippen LogP) is 4.86. The van der Waals surface area contributed by atoms with E-state index in [4.69, 9.17) is 13.9 Å². The molecule has 0 atom stereocenters. The molecule has 9 nitrogen and oxygen atoms in total. The van der Waals surface area contributed by atoms with Gasteiger partial charge >= 0.3 is 12.1 Å². The van der Waals surface area contributed by atoms with Crippen molar-refractivity contribution in [2.45, 2.75) is 37.0 Å². The van der Waals surface area contributed by atoms with Crippen molar-refractivity contribution in [2.24, 2.45) is 0 Å². The summed E-state index contributed by atoms with van der Waals surface area (Å²) in [7, 11) is -2.29. The van der Waals surface area contributed by atoms with Gasteiger partial charge in [0.05, 0.1) is 29.7 Å². The predicted molar refractivity (Wildman–Crippen MR) is 133 cm³/mol. The van der Waals surface area contributed by atoms with Gasteiger partial charge in [0.15, 0.2) is 9.84 Å². The van der Waals surface area contributed by atoms with Crippen molar-refractivity contribution in [1.82, 2.24) is 4.90 Å². The number of benzene rings is 2. The molecule has 3 rings (SSSR count). The first-order chi connectivity index (χ1) is 16.9. The van der Waals surface area contributed by atoms with E-state index in [9.17, 15) is 23.1 Å². The third-order valence-electron chi connectivity index (χ3n) is 5.12. The average molecular weight is 516 g/mol. The molecule has 0 fully saturated rings. The van der Waals surface area contributed by atoms with Crippen molar-refractivity contribution in [3.63, 3.8) is 0 Å². The summed E-state index contributed by atoms with van der Waals surface area (Å²) in [5.74, 6) is -1.88. The molecule has 0 aliphatic rings. The maximum Gasteiger partial charge on any atom is 0.410 e. The zero-order valence-electron chi connectivity index (χ0n) is 20.6. The molecule has 36 heavy (non-hydrogen) atoms. The molecule has 0 bridgehead atoms. The Hall–Kier alpha value is -3.79. The van der Waals surface area contributed by atoms with Crippen LogP contribution in [0.15, 0.2) is 70.4 Å². The van der Waals surface area contributed by atoms with Gasteiger partial charge in [0.1, 0.15) is 23.5 Å². The number of likely N-dealkylation sites (N-methyl/N-ethyl adjacent to an activating group) is 1. The second-order valence-electron chi connectivity index (χ2n) is 9.12. The smallest absolute Gasteiger partial charge is 0.410 e. The summed E-state index contributed by atoms with van der Waals surface area (Å²) in [4.78, 5) is 26.0. The fraction of sp³-hybridized carbons (Fsp3) is 0.308. The Bertz CT molecular complexity index is 1310. The molecule has 10 heteroatoms. The number of nitrogens with zero attached hydrogens (tertiary/aromatic N) is 1. The Labute approximate surface area is 210 Å². The minimum Gasteiger partial charge on any atom is -0.490 e. The lowest BCUT2D eigenvalue weighted by Gasteiger charge is -2.25. The third kappa shape index (κ3) is 6.66. The Kier molecular flexibility index (Phi) is 8.09. The van der Waals surface area contributed by atoms with Gasteiger partial charge in [-0.3, -0.25) is 0 Å². The van der Waals surface area contributed by atoms with Crippen LogP contribution >= 0.6 is 0 Å². The van der Waals surface area contributed by atoms with Crippen LogP contribution in [-0.4, -0.2) is 56.3 Å². The lowest BCUT2D eigenvalue weighted by Crippen LogP contribution is -2.36. The molecular formula is C26H29NO8S. The van der Waals surface area contributed by atoms with Crippen molar-refractivity contribution in [3.8, 4) is 16.9 Å². The summed E-state index contributed by atoms with van der Waals surface area (Å²) >= 11 is 0. The van der Waals surface area contributed by atoms with Crippen molar-refractivity contribution >= 4 is 21.9 Å². The first-order valence-electron chi connectivity index (χ1n) is 11.2. The Balaban J connectivity index is 1.95. The fourth-order valence-electron chi connectivity index (χ4n) is 3.40. The van der Waals surface area contributed by atoms with E-state index in [1.165, 1.54) is 42.7 Å². The summed E-state index contributed by atoms with van der Waals surface area (Å²) in [5.41, 5.74) is 0.116. The van der Waals surface area contributed by atoms with Crippen molar-refractivity contribution in [3.05, 3.63) is 72.2 Å². The number of amides is 1. The highest BCUT2D eigenvalue weighted by Gasteiger charge is 2.26. The highest BCUT2D eigenvalue weighted by Crippen LogP contribution is 2.37. The van der Waals surface area contributed by atoms with Gasteiger partial charge in [-0.05, 0) is 44.5 Å². The first-order valence-corrected chi connectivity index (χ1v) is 12.8. The minimum absolute atomic E-state index is 0.0118. The van der Waals surface area contributed by atoms with E-state index < -0.39 is 33.3 Å². The molecule has 1 aromatic heterocycles. The Morgan fingerprint density at radius 3 is 2.33 bits per heavy atom. The summed E-state index contributed by atoms with van der Waals surface area (Å²) in [6, 6.07) is 12.5. The second kappa shape index (κ2) is 10.9. The Morgan fingerprint density at radius 2 is 1.75 bits per heavy atom. The standard InChI is InChI=1S/C26H29NO8S/c1-26(2,3)35-25(30)27(4)13-15-34-23-21(18-12-14-33-16-18)11-10-19(22(23)24(28)29)17-36(31,32)20-8-6-5-7-9-20/h5-12,14,16H,13,15,17H2,1-4H3,(H,28,29). The van der Waals surface area contributed by atoms with Gasteiger partial charge in [-0.1, -0.05) is 30.3 Å². The van der Waals surface area contributed by atoms with Gasteiger partial charge in [-0.15, -0.1) is 0 Å². The van der Waals surface area contributed by atoms with Gasteiger partial charge in [-0.25, -0.2) is 18.0 Å². The van der Waals surface area contributed by atoms with E-state index in [-0.39, 0.29) is 34.9 Å². The van der Waals surface area contributed by atoms with Crippen LogP contribution in [0.3, 0.4) is 0 Å². The third-order valence-corrected chi connectivity index (χ3v) is 6.80. The van der Waals surface area contributed by atoms with Gasteiger partial charge in [0, 0.05) is 18.2 Å². The molecule has 1 amide bonds. The van der Waals surface area contributed by atoms with Crippen molar-refractivity contribution in [1.29, 1.82) is 0 Å². The number of sulfone groups is 1. The fourth-order valence-corrected chi connectivity index (χ4v) is 4.79. The van der Waals surface area contributed by atoms with Gasteiger partial charge in [-0.2, -0.15) is 0 Å². The van der Waals surface area contributed by atoms with Crippen molar-refractivity contribution in [2.75, 3.05) is 20.2 Å². The van der Waals surface area contributed by atoms with Crippen LogP contribution < -0.4 is 4.74 Å². The number of ether oxygens (including phenoxy) is 2. The number of carbonyl (C=O) groups excluding carboxylic acids is 1. The summed E-state index contributed by atoms with van der Waals surface area (Å²) in [6.07, 6.45) is 2.31. The van der Waals surface area contributed by atoms with E-state index in [2.05, 4.69) is 0 Å². The number of carboxylic acid groups (broad SMARTS) is 1. The summed E-state index contributed by atoms with van der Waals surface area (Å²) < 4.78 is 42.3. The first kappa shape index (κ1) is 26.8. The van der Waals surface area contributed by atoms with E-state index >= 15 is 0 Å². The van der Waals surface area contributed by atoms with Crippen LogP contribution in [0, 0.1) is 0 Å². The van der Waals surface area contributed by atoms with E-state index in [1.54, 1.807) is 51.1 Å². The summed E-state index contributed by atoms with van der Waals surface area (Å²) in [5, 5.41) is 10.1.